The van der Waals surface area contributed by atoms with Gasteiger partial charge in [-0.2, -0.15) is 15.7 Å². The molecule has 0 fully saturated rings. The summed E-state index contributed by atoms with van der Waals surface area (Å²) in [5.41, 5.74) is 23.1. The van der Waals surface area contributed by atoms with Gasteiger partial charge in [-0.3, -0.25) is 29.0 Å². The molecule has 142 heavy (non-hydrogen) atoms. The van der Waals surface area contributed by atoms with E-state index in [1.54, 1.807) is 79.3 Å². The number of amides is 3. The first-order valence-electron chi connectivity index (χ1n) is 43.9. The van der Waals surface area contributed by atoms with Crippen molar-refractivity contribution in [2.45, 2.75) is 99.0 Å². The molecule has 0 atom stereocenters. The van der Waals surface area contributed by atoms with Crippen LogP contribution in [-0.2, 0) is 26.4 Å². The molecule has 0 unspecified atom stereocenters. The Labute approximate surface area is 854 Å². The second-order valence-corrected chi connectivity index (χ2v) is 46.9. The van der Waals surface area contributed by atoms with E-state index in [1.165, 1.54) is 136 Å². The summed E-state index contributed by atoms with van der Waals surface area (Å²) in [5, 5.41) is 73.9. The van der Waals surface area contributed by atoms with Gasteiger partial charge in [0, 0.05) is 91.5 Å². The molecule has 34 nitrogen and oxygen atoms in total. The molecule has 6 heterocycles. The number of nitriles is 2. The number of carbonyl (C=O) groups is 4. The van der Waals surface area contributed by atoms with Crippen molar-refractivity contribution in [1.82, 2.24) is 71.4 Å². The summed E-state index contributed by atoms with van der Waals surface area (Å²) in [7, 11) is 1.00. The molecular formula is C98H93Br4ClF4N25O9Sn+. The number of anilines is 4. The SMILES string of the molecule is CCC[CH2][Sn]([CH2]CCC)([CH2]CCC)[N]=[N+]=[N-].CO.N#CCN(C(=O)c1cc(F)cc(Br)c1)c1ccc2c(cnn2OCc2ccccc2)c1.N#CCNc1ccc2c(cnn2OCc2ccccc2)c1.O=C(Cl)c1cc(F)cc(Br)c1.O=C(c1cc(F)cc(Br)c1)N(CC1=[N+]=NNN1)c1ccc2c(cnn2O)c1.O=C(c1cc(F)cc(Br)c1)N(Cc1nn[nH]n1)c1ccc2c(cnn2OCc2ccccc2)c1. The molecular weight excluding hydrogens is 2220 g/mol. The first kappa shape index (κ1) is 108. The summed E-state index contributed by atoms with van der Waals surface area (Å²) in [6.07, 6.45) is 14.0. The zero-order valence-corrected chi connectivity index (χ0v) is 86.6. The molecule has 0 spiro atoms. The first-order valence-corrected chi connectivity index (χ1v) is 54.8. The van der Waals surface area contributed by atoms with Crippen LogP contribution in [0.2, 0.25) is 13.3 Å². The molecule has 0 radical (unpaired) electrons. The van der Waals surface area contributed by atoms with Crippen molar-refractivity contribution < 1.29 is 66.4 Å². The van der Waals surface area contributed by atoms with Gasteiger partial charge in [0.2, 0.25) is 0 Å². The minimum atomic E-state index is -2.45. The Hall–Kier alpha value is -14.6. The van der Waals surface area contributed by atoms with Crippen molar-refractivity contribution in [3.8, 4) is 12.1 Å². The summed E-state index contributed by atoms with van der Waals surface area (Å²) in [4.78, 5) is 83.6. The predicted molar refractivity (Wildman–Crippen MR) is 547 cm³/mol. The molecule has 0 saturated carbocycles. The van der Waals surface area contributed by atoms with Crippen molar-refractivity contribution >= 4 is 189 Å². The Balaban J connectivity index is 0.000000167. The summed E-state index contributed by atoms with van der Waals surface area (Å²) in [5.74, 6) is -2.68. The molecule has 16 aromatic rings. The number of aliphatic hydroxyl groups is 1. The van der Waals surface area contributed by atoms with E-state index < -0.39 is 64.9 Å². The molecule has 1 aliphatic heterocycles. The number of amidine groups is 1. The number of halogens is 9. The average Bonchev–Trinajstić information content (AvgIpc) is 1.60. The molecule has 17 rings (SSSR count). The molecule has 6 N–H and O–H groups in total. The zero-order chi connectivity index (χ0) is 101. The minimum absolute atomic E-state index is 0.0353. The van der Waals surface area contributed by atoms with Crippen LogP contribution in [0, 0.1) is 45.9 Å². The van der Waals surface area contributed by atoms with Crippen LogP contribution in [0.15, 0.2) is 288 Å². The number of azide groups is 1. The number of fused-ring (bicyclic) bond motifs is 4. The standard InChI is InChI=1S/C23H17BrFN7O2.C23H16BrFN4O2.C16H11BrFN7O2.C16H14N4O.C7H3BrClFO.3C4H9.CH4O.N3.Sn/c24-18-8-16(9-19(25)11-18)23(33)31(13-22-27-29-30-28-22)20-6-7-21-17(10-20)12-26-32(21)34-14-15-4-2-1-3-5-15;24-19-10-17(11-20(25)13-19)23(30)28(9-8-26)21-6-7-22-18(12-21)14-27-29(22)31-15-16-4-2-1-3-5-16;17-11-3-9(4-12(18)6-11)16(26)24(8-15-20-22-23-21-15)13-1-2-14-10(5-13)7-19-25(14)27;17-8-9-18-15-6-7-16-14(10-15)11-19-20(16)21-12-13-4-2-1-3-5-13;8-5-1-4(7(9)11)2-6(10)3-5;3*1-3-4-2;1-2;1-3-2;/h1-12H,13-14H2,(H,27,28,29,30);1-7,10-14H,9,15H2;1-7,27H,8H2,(H,20,21,22,23);1-7,10-11,18H,9,12H2;1-3H;3*1,3-4H2,2H3;2H,1H3;;/q;;;;;;;;;-1;+1/p+1. The van der Waals surface area contributed by atoms with E-state index in [0.717, 1.165) is 85.2 Å². The third-order valence-corrected chi connectivity index (χ3v) is 35.6. The molecule has 44 heteroatoms. The Morgan fingerprint density at radius 1 is 0.514 bits per heavy atom. The number of aromatic amines is 1. The van der Waals surface area contributed by atoms with Gasteiger partial charge in [-0.05, 0) is 174 Å². The topological polar surface area (TPSA) is 431 Å². The van der Waals surface area contributed by atoms with E-state index in [2.05, 4.69) is 166 Å². The molecule has 3 amide bonds. The number of aliphatic hydroxyl groups excluding tert-OH is 1. The summed E-state index contributed by atoms with van der Waals surface area (Å²) in [6, 6.07) is 70.6. The van der Waals surface area contributed by atoms with Crippen LogP contribution < -0.4 is 45.5 Å². The fourth-order valence-electron chi connectivity index (χ4n) is 14.2. The van der Waals surface area contributed by atoms with Crippen LogP contribution in [0.3, 0.4) is 0 Å². The van der Waals surface area contributed by atoms with E-state index in [1.807, 2.05) is 115 Å². The number of hydrogen-bond donors (Lipinski definition) is 6. The number of hydrazine groups is 1. The second kappa shape index (κ2) is 54.8. The fourth-order valence-corrected chi connectivity index (χ4v) is 28.4. The van der Waals surface area contributed by atoms with Gasteiger partial charge in [0.05, 0.1) is 43.5 Å². The molecule has 0 aliphatic carbocycles. The van der Waals surface area contributed by atoms with Gasteiger partial charge >= 0.3 is 111 Å². The maximum Gasteiger partial charge on any atom is 0.368 e. The van der Waals surface area contributed by atoms with Gasteiger partial charge in [-0.25, -0.2) is 17.6 Å². The number of carbonyl (C=O) groups excluding carboxylic acids is 4. The zero-order valence-electron chi connectivity index (χ0n) is 76.7. The number of nitrogens with one attached hydrogen (secondary N) is 4. The van der Waals surface area contributed by atoms with Crippen LogP contribution in [0.4, 0.5) is 40.3 Å². The van der Waals surface area contributed by atoms with Crippen molar-refractivity contribution in [3.63, 3.8) is 0 Å². The Kier molecular flexibility index (Phi) is 41.6. The van der Waals surface area contributed by atoms with E-state index in [-0.39, 0.29) is 48.4 Å². The van der Waals surface area contributed by atoms with Crippen LogP contribution in [0.5, 0.6) is 0 Å². The van der Waals surface area contributed by atoms with E-state index in [0.29, 0.717) is 77.3 Å². The quantitative estimate of drug-likeness (QED) is 0.00325. The summed E-state index contributed by atoms with van der Waals surface area (Å²) < 4.78 is 64.1. The van der Waals surface area contributed by atoms with Crippen molar-refractivity contribution in [2.24, 2.45) is 8.56 Å². The number of unbranched alkanes of at least 4 members (excludes halogenated alkanes) is 3. The average molecular weight is 2310 g/mol. The van der Waals surface area contributed by atoms with Crippen LogP contribution >= 0.6 is 75.3 Å². The van der Waals surface area contributed by atoms with Gasteiger partial charge in [0.25, 0.3) is 23.0 Å². The monoisotopic (exact) mass is 2310 g/mol. The van der Waals surface area contributed by atoms with Gasteiger partial charge in [0.15, 0.2) is 11.0 Å². The third-order valence-electron chi connectivity index (χ3n) is 21.0. The predicted octanol–water partition coefficient (Wildman–Crippen LogP) is 21.4. The minimum Gasteiger partial charge on any atom is -0.411 e. The number of tetrazole rings is 1. The first-order chi connectivity index (χ1) is 68.8. The number of rotatable bonds is 33. The van der Waals surface area contributed by atoms with Gasteiger partial charge in [-0.15, -0.1) is 45.7 Å². The Bertz CT molecular complexity index is 7080. The Morgan fingerprint density at radius 3 is 1.29 bits per heavy atom. The molecule has 11 aromatic carbocycles. The van der Waals surface area contributed by atoms with E-state index in [4.69, 9.17) is 42.0 Å². The van der Waals surface area contributed by atoms with Gasteiger partial charge in [-0.1, -0.05) is 180 Å². The van der Waals surface area contributed by atoms with Crippen molar-refractivity contribution in [3.05, 3.63) is 358 Å². The molecule has 5 aromatic heterocycles. The number of hydrogen-bond acceptors (Lipinski definition) is 23. The van der Waals surface area contributed by atoms with Gasteiger partial charge in [0.1, 0.15) is 84.8 Å². The number of H-pyrrole nitrogens is 1. The van der Waals surface area contributed by atoms with Crippen LogP contribution in [-0.4, -0.2) is 150 Å². The third kappa shape index (κ3) is 31.5. The summed E-state index contributed by atoms with van der Waals surface area (Å²) >= 11 is 15.3. The maximum atomic E-state index is 14.0. The number of nitrogens with zero attached hydrogens (tertiary/aromatic N) is 21. The second-order valence-electron chi connectivity index (χ2n) is 31.1. The van der Waals surface area contributed by atoms with E-state index >= 15 is 0 Å². The van der Waals surface area contributed by atoms with Crippen LogP contribution in [0.25, 0.3) is 54.1 Å². The number of aromatic nitrogens is 12. The normalized spacial score (nSPS) is 10.9. The largest absolute Gasteiger partial charge is 0.411 e. The summed E-state index contributed by atoms with van der Waals surface area (Å²) in [6.45, 7) is 8.07. The van der Waals surface area contributed by atoms with Crippen LogP contribution in [0.1, 0.15) is 123 Å². The Morgan fingerprint density at radius 2 is 0.901 bits per heavy atom. The molecule has 1 aliphatic rings. The maximum absolute atomic E-state index is 14.0. The molecule has 0 saturated heterocycles. The van der Waals surface area contributed by atoms with Crippen molar-refractivity contribution in [1.29, 1.82) is 10.5 Å². The fraction of sp³-hybridized carbons (Fsp3) is 0.204. The van der Waals surface area contributed by atoms with E-state index in [9.17, 15) is 47.2 Å². The molecule has 730 valence electrons. The smallest absolute Gasteiger partial charge is 0.368 e. The molecule has 0 bridgehead atoms. The number of benzene rings is 11. The van der Waals surface area contributed by atoms with Gasteiger partial charge < -0.3 is 35.0 Å². The van der Waals surface area contributed by atoms with Crippen molar-refractivity contribution in [2.75, 3.05) is 46.8 Å².